The number of methoxy groups -OCH3 is 1. The fourth-order valence-electron chi connectivity index (χ4n) is 2.38. The van der Waals surface area contributed by atoms with Crippen molar-refractivity contribution < 1.29 is 4.74 Å². The highest BCUT2D eigenvalue weighted by Gasteiger charge is 2.16. The first kappa shape index (κ1) is 13.9. The molecule has 2 heterocycles. The van der Waals surface area contributed by atoms with Crippen LogP contribution in [0.5, 0.6) is 5.75 Å². The molecule has 1 atom stereocenters. The number of benzene rings is 1. The summed E-state index contributed by atoms with van der Waals surface area (Å²) >= 11 is 6.28. The van der Waals surface area contributed by atoms with E-state index in [0.29, 0.717) is 6.54 Å². The maximum absolute atomic E-state index is 6.28. The van der Waals surface area contributed by atoms with Crippen molar-refractivity contribution in [1.29, 1.82) is 0 Å². The molecule has 4 nitrogen and oxygen atoms in total. The lowest BCUT2D eigenvalue weighted by atomic mass is 10.3. The predicted octanol–water partition coefficient (Wildman–Crippen LogP) is 3.79. The fraction of sp³-hybridized carbons (Fsp3) is 0.250. The second kappa shape index (κ2) is 5.74. The third kappa shape index (κ3) is 2.72. The average molecular weight is 302 g/mol. The maximum atomic E-state index is 6.28. The van der Waals surface area contributed by atoms with Gasteiger partial charge in [0.05, 0.1) is 35.8 Å². The van der Waals surface area contributed by atoms with E-state index in [4.69, 9.17) is 16.3 Å². The minimum Gasteiger partial charge on any atom is -0.497 e. The average Bonchev–Trinajstić information content (AvgIpc) is 2.86. The van der Waals surface area contributed by atoms with Crippen LogP contribution in [0.1, 0.15) is 23.8 Å². The molecule has 0 bridgehead atoms. The summed E-state index contributed by atoms with van der Waals surface area (Å²) in [5.74, 6) is 1.63. The van der Waals surface area contributed by atoms with Crippen LogP contribution < -0.4 is 4.74 Å². The Hall–Kier alpha value is -2.07. The van der Waals surface area contributed by atoms with Crippen LogP contribution in [0.3, 0.4) is 0 Å². The van der Waals surface area contributed by atoms with E-state index in [-0.39, 0.29) is 5.38 Å². The molecule has 0 aliphatic heterocycles. The molecular weight excluding hydrogens is 286 g/mol. The molecule has 0 amide bonds. The number of halogens is 1. The van der Waals surface area contributed by atoms with Gasteiger partial charge in [-0.2, -0.15) is 0 Å². The van der Waals surface area contributed by atoms with E-state index < -0.39 is 0 Å². The third-order valence-electron chi connectivity index (χ3n) is 3.39. The van der Waals surface area contributed by atoms with Gasteiger partial charge < -0.3 is 9.30 Å². The third-order valence-corrected chi connectivity index (χ3v) is 3.58. The van der Waals surface area contributed by atoms with E-state index in [2.05, 4.69) is 14.5 Å². The van der Waals surface area contributed by atoms with Crippen molar-refractivity contribution in [2.75, 3.05) is 7.11 Å². The first-order chi connectivity index (χ1) is 10.2. The first-order valence-electron chi connectivity index (χ1n) is 6.77. The van der Waals surface area contributed by atoms with Crippen molar-refractivity contribution >= 4 is 22.6 Å². The highest BCUT2D eigenvalue weighted by atomic mass is 35.5. The van der Waals surface area contributed by atoms with Crippen LogP contribution in [-0.2, 0) is 6.54 Å². The second-order valence-corrected chi connectivity index (χ2v) is 5.50. The lowest BCUT2D eigenvalue weighted by molar-refractivity contribution is 0.415. The Kier molecular flexibility index (Phi) is 3.80. The van der Waals surface area contributed by atoms with Crippen LogP contribution in [0.25, 0.3) is 11.0 Å². The van der Waals surface area contributed by atoms with Crippen molar-refractivity contribution in [3.05, 3.63) is 54.1 Å². The van der Waals surface area contributed by atoms with Gasteiger partial charge in [0.25, 0.3) is 0 Å². The zero-order valence-electron chi connectivity index (χ0n) is 12.0. The molecule has 3 aromatic rings. The number of aromatic nitrogens is 3. The molecule has 0 aliphatic rings. The number of hydrogen-bond donors (Lipinski definition) is 0. The molecule has 0 saturated heterocycles. The van der Waals surface area contributed by atoms with E-state index in [0.717, 1.165) is 28.3 Å². The number of imidazole rings is 1. The Morgan fingerprint density at radius 2 is 2.14 bits per heavy atom. The molecule has 2 aromatic heterocycles. The van der Waals surface area contributed by atoms with E-state index >= 15 is 0 Å². The summed E-state index contributed by atoms with van der Waals surface area (Å²) in [5, 5.41) is -0.174. The van der Waals surface area contributed by atoms with E-state index in [1.807, 2.05) is 43.3 Å². The van der Waals surface area contributed by atoms with Gasteiger partial charge in [-0.3, -0.25) is 4.98 Å². The van der Waals surface area contributed by atoms with E-state index in [9.17, 15) is 0 Å². The summed E-state index contributed by atoms with van der Waals surface area (Å²) in [6.07, 6.45) is 1.79. The quantitative estimate of drug-likeness (QED) is 0.688. The summed E-state index contributed by atoms with van der Waals surface area (Å²) in [6, 6.07) is 11.7. The zero-order valence-corrected chi connectivity index (χ0v) is 12.7. The summed E-state index contributed by atoms with van der Waals surface area (Å²) in [7, 11) is 1.65. The highest BCUT2D eigenvalue weighted by Crippen LogP contribution is 2.27. The molecule has 1 aromatic carbocycles. The fourth-order valence-corrected chi connectivity index (χ4v) is 2.55. The van der Waals surface area contributed by atoms with Crippen LogP contribution in [0.2, 0.25) is 0 Å². The van der Waals surface area contributed by atoms with Gasteiger partial charge in [0.15, 0.2) is 0 Å². The van der Waals surface area contributed by atoms with Crippen molar-refractivity contribution in [3.8, 4) is 5.75 Å². The molecule has 21 heavy (non-hydrogen) atoms. The van der Waals surface area contributed by atoms with Gasteiger partial charge in [0.2, 0.25) is 0 Å². The minimum absolute atomic E-state index is 0.174. The van der Waals surface area contributed by atoms with Crippen molar-refractivity contribution in [3.63, 3.8) is 0 Å². The molecule has 5 heteroatoms. The number of hydrogen-bond acceptors (Lipinski definition) is 3. The number of rotatable bonds is 4. The second-order valence-electron chi connectivity index (χ2n) is 4.85. The van der Waals surface area contributed by atoms with Crippen molar-refractivity contribution in [1.82, 2.24) is 14.5 Å². The topological polar surface area (TPSA) is 39.9 Å². The maximum Gasteiger partial charge on any atom is 0.128 e. The summed E-state index contributed by atoms with van der Waals surface area (Å²) in [5.41, 5.74) is 2.89. The summed E-state index contributed by atoms with van der Waals surface area (Å²) in [4.78, 5) is 9.02. The summed E-state index contributed by atoms with van der Waals surface area (Å²) < 4.78 is 7.36. The van der Waals surface area contributed by atoms with Crippen LogP contribution in [0.15, 0.2) is 42.6 Å². The van der Waals surface area contributed by atoms with Gasteiger partial charge >= 0.3 is 0 Å². The van der Waals surface area contributed by atoms with Crippen molar-refractivity contribution in [2.45, 2.75) is 18.8 Å². The van der Waals surface area contributed by atoms with Gasteiger partial charge in [0, 0.05) is 12.3 Å². The Labute approximate surface area is 128 Å². The molecule has 0 radical (unpaired) electrons. The van der Waals surface area contributed by atoms with Crippen LogP contribution >= 0.6 is 11.6 Å². The normalized spacial score (nSPS) is 12.5. The molecule has 0 spiro atoms. The molecule has 0 aliphatic carbocycles. The lowest BCUT2D eigenvalue weighted by Gasteiger charge is -2.10. The molecule has 108 valence electrons. The van der Waals surface area contributed by atoms with Gasteiger partial charge in [0.1, 0.15) is 11.6 Å². The zero-order chi connectivity index (χ0) is 14.8. The number of pyridine rings is 1. The number of nitrogens with zero attached hydrogens (tertiary/aromatic N) is 3. The predicted molar refractivity (Wildman–Crippen MR) is 83.9 cm³/mol. The van der Waals surface area contributed by atoms with Gasteiger partial charge in [-0.1, -0.05) is 6.07 Å². The smallest absolute Gasteiger partial charge is 0.128 e. The number of ether oxygens (including phenoxy) is 1. The first-order valence-corrected chi connectivity index (χ1v) is 7.21. The van der Waals surface area contributed by atoms with Gasteiger partial charge in [-0.15, -0.1) is 11.6 Å². The lowest BCUT2D eigenvalue weighted by Crippen LogP contribution is -2.06. The SMILES string of the molecule is COc1ccc2c(c1)nc(C(C)Cl)n2Cc1ccccn1. The monoisotopic (exact) mass is 301 g/mol. The minimum atomic E-state index is -0.174. The van der Waals surface area contributed by atoms with Gasteiger partial charge in [-0.25, -0.2) is 4.98 Å². The summed E-state index contributed by atoms with van der Waals surface area (Å²) in [6.45, 7) is 2.57. The largest absolute Gasteiger partial charge is 0.497 e. The van der Waals surface area contributed by atoms with Crippen molar-refractivity contribution in [2.24, 2.45) is 0 Å². The van der Waals surface area contributed by atoms with Crippen LogP contribution in [0.4, 0.5) is 0 Å². The van der Waals surface area contributed by atoms with E-state index in [1.54, 1.807) is 13.3 Å². The number of fused-ring (bicyclic) bond motifs is 1. The number of alkyl halides is 1. The Bertz CT molecular complexity index is 753. The molecular formula is C16H16ClN3O. The standard InChI is InChI=1S/C16H16ClN3O/c1-11(17)16-19-14-9-13(21-2)6-7-15(14)20(16)10-12-5-3-4-8-18-12/h3-9,11H,10H2,1-2H3. The molecule has 0 N–H and O–H groups in total. The Morgan fingerprint density at radius 3 is 2.81 bits per heavy atom. The van der Waals surface area contributed by atoms with Gasteiger partial charge in [-0.05, 0) is 31.2 Å². The molecule has 1 unspecified atom stereocenters. The highest BCUT2D eigenvalue weighted by molar-refractivity contribution is 6.20. The molecule has 3 rings (SSSR count). The molecule has 0 fully saturated rings. The Morgan fingerprint density at radius 1 is 1.29 bits per heavy atom. The van der Waals surface area contributed by atoms with Crippen LogP contribution in [0, 0.1) is 0 Å². The van der Waals surface area contributed by atoms with E-state index in [1.165, 1.54) is 0 Å². The molecule has 0 saturated carbocycles. The Balaban J connectivity index is 2.12. The van der Waals surface area contributed by atoms with Crippen LogP contribution in [-0.4, -0.2) is 21.6 Å².